The second-order valence-electron chi connectivity index (χ2n) is 6.03. The van der Waals surface area contributed by atoms with E-state index in [1.54, 1.807) is 7.11 Å². The summed E-state index contributed by atoms with van der Waals surface area (Å²) in [7, 11) is 1.56. The van der Waals surface area contributed by atoms with Crippen LogP contribution in [-0.4, -0.2) is 60.6 Å². The predicted octanol–water partition coefficient (Wildman–Crippen LogP) is 2.04. The van der Waals surface area contributed by atoms with E-state index in [-0.39, 0.29) is 12.5 Å². The van der Waals surface area contributed by atoms with Crippen molar-refractivity contribution in [2.75, 3.05) is 39.9 Å². The van der Waals surface area contributed by atoms with Gasteiger partial charge < -0.3 is 9.64 Å². The van der Waals surface area contributed by atoms with E-state index in [0.717, 1.165) is 32.7 Å². The van der Waals surface area contributed by atoms with Crippen molar-refractivity contribution in [3.8, 4) is 11.1 Å². The van der Waals surface area contributed by atoms with Crippen LogP contribution in [0.2, 0.25) is 0 Å². The normalized spacial score (nSPS) is 15.5. The molecular formula is C19H23N3O2. The summed E-state index contributed by atoms with van der Waals surface area (Å²) in [5.74, 6) is 0.0804. The van der Waals surface area contributed by atoms with Gasteiger partial charge in [0.05, 0.1) is 0 Å². The van der Waals surface area contributed by atoms with Crippen LogP contribution >= 0.6 is 0 Å². The lowest BCUT2D eigenvalue weighted by Crippen LogP contribution is -2.49. The van der Waals surface area contributed by atoms with Crippen molar-refractivity contribution < 1.29 is 9.53 Å². The number of benzene rings is 1. The third kappa shape index (κ3) is 4.19. The first-order chi connectivity index (χ1) is 11.8. The number of methoxy groups -OCH3 is 1. The minimum Gasteiger partial charge on any atom is -0.375 e. The van der Waals surface area contributed by atoms with Crippen molar-refractivity contribution in [3.05, 3.63) is 54.4 Å². The van der Waals surface area contributed by atoms with E-state index >= 15 is 0 Å². The largest absolute Gasteiger partial charge is 0.375 e. The number of rotatable bonds is 5. The second-order valence-corrected chi connectivity index (χ2v) is 6.03. The van der Waals surface area contributed by atoms with E-state index < -0.39 is 0 Å². The van der Waals surface area contributed by atoms with Crippen molar-refractivity contribution in [3.63, 3.8) is 0 Å². The molecule has 0 radical (unpaired) electrons. The number of nitrogens with zero attached hydrogens (tertiary/aromatic N) is 3. The highest BCUT2D eigenvalue weighted by atomic mass is 16.5. The third-order valence-electron chi connectivity index (χ3n) is 4.34. The summed E-state index contributed by atoms with van der Waals surface area (Å²) in [6.45, 7) is 4.42. The maximum atomic E-state index is 11.8. The van der Waals surface area contributed by atoms with Crippen LogP contribution in [0.25, 0.3) is 11.1 Å². The molecule has 1 fully saturated rings. The van der Waals surface area contributed by atoms with Crippen molar-refractivity contribution in [2.45, 2.75) is 6.54 Å². The molecule has 1 aliphatic rings. The lowest BCUT2D eigenvalue weighted by atomic mass is 10.0. The SMILES string of the molecule is COCC(=O)N1CCN(Cc2cccc(-c3ccncc3)c2)CC1. The fourth-order valence-corrected chi connectivity index (χ4v) is 3.02. The average molecular weight is 325 g/mol. The average Bonchev–Trinajstić information content (AvgIpc) is 2.63. The van der Waals surface area contributed by atoms with Crippen molar-refractivity contribution >= 4 is 5.91 Å². The predicted molar refractivity (Wildman–Crippen MR) is 93.4 cm³/mol. The van der Waals surface area contributed by atoms with Crippen LogP contribution in [0.4, 0.5) is 0 Å². The Bertz CT molecular complexity index is 667. The number of carbonyl (C=O) groups excluding carboxylic acids is 1. The van der Waals surface area contributed by atoms with Gasteiger partial charge in [0.1, 0.15) is 6.61 Å². The molecule has 2 heterocycles. The molecule has 0 aliphatic carbocycles. The van der Waals surface area contributed by atoms with E-state index in [9.17, 15) is 4.79 Å². The monoisotopic (exact) mass is 325 g/mol. The molecule has 0 atom stereocenters. The standard InChI is InChI=1S/C19H23N3O2/c1-24-15-19(23)22-11-9-21(10-12-22)14-16-3-2-4-18(13-16)17-5-7-20-8-6-17/h2-8,13H,9-12,14-15H2,1H3. The molecule has 24 heavy (non-hydrogen) atoms. The minimum absolute atomic E-state index is 0.0804. The van der Waals surface area contributed by atoms with Gasteiger partial charge in [-0.2, -0.15) is 0 Å². The van der Waals surface area contributed by atoms with Gasteiger partial charge in [-0.15, -0.1) is 0 Å². The first-order valence-corrected chi connectivity index (χ1v) is 8.24. The summed E-state index contributed by atoms with van der Waals surface area (Å²) in [6, 6.07) is 12.7. The molecule has 0 unspecified atom stereocenters. The summed E-state index contributed by atoms with van der Waals surface area (Å²) < 4.78 is 4.93. The van der Waals surface area contributed by atoms with Gasteiger partial charge in [0, 0.05) is 52.2 Å². The molecule has 0 saturated carbocycles. The minimum atomic E-state index is 0.0804. The number of ether oxygens (including phenoxy) is 1. The number of carbonyl (C=O) groups is 1. The smallest absolute Gasteiger partial charge is 0.248 e. The zero-order valence-corrected chi connectivity index (χ0v) is 14.0. The Morgan fingerprint density at radius 3 is 2.54 bits per heavy atom. The summed E-state index contributed by atoms with van der Waals surface area (Å²) in [5.41, 5.74) is 3.69. The number of hydrogen-bond acceptors (Lipinski definition) is 4. The Hall–Kier alpha value is -2.24. The molecule has 5 heteroatoms. The van der Waals surface area contributed by atoms with Gasteiger partial charge in [-0.05, 0) is 34.9 Å². The molecule has 5 nitrogen and oxygen atoms in total. The first-order valence-electron chi connectivity index (χ1n) is 8.24. The van der Waals surface area contributed by atoms with E-state index in [0.29, 0.717) is 0 Å². The second kappa shape index (κ2) is 8.04. The molecule has 0 N–H and O–H groups in total. The number of amides is 1. The number of hydrogen-bond donors (Lipinski definition) is 0. The lowest BCUT2D eigenvalue weighted by molar-refractivity contribution is -0.136. The Labute approximate surface area is 142 Å². The fraction of sp³-hybridized carbons (Fsp3) is 0.368. The topological polar surface area (TPSA) is 45.7 Å². The highest BCUT2D eigenvalue weighted by Gasteiger charge is 2.20. The van der Waals surface area contributed by atoms with E-state index in [2.05, 4.69) is 34.1 Å². The Kier molecular flexibility index (Phi) is 5.56. The Morgan fingerprint density at radius 1 is 1.08 bits per heavy atom. The molecule has 0 bridgehead atoms. The molecule has 1 aromatic heterocycles. The van der Waals surface area contributed by atoms with Crippen LogP contribution in [-0.2, 0) is 16.1 Å². The Morgan fingerprint density at radius 2 is 1.83 bits per heavy atom. The van der Waals surface area contributed by atoms with Crippen LogP contribution in [0.5, 0.6) is 0 Å². The quantitative estimate of drug-likeness (QED) is 0.844. The van der Waals surface area contributed by atoms with E-state index in [4.69, 9.17) is 4.74 Å². The first kappa shape index (κ1) is 16.6. The molecular weight excluding hydrogens is 302 g/mol. The number of piperazine rings is 1. The molecule has 3 rings (SSSR count). The Balaban J connectivity index is 1.59. The van der Waals surface area contributed by atoms with Gasteiger partial charge in [-0.3, -0.25) is 14.7 Å². The molecule has 0 spiro atoms. The highest BCUT2D eigenvalue weighted by molar-refractivity contribution is 5.77. The van der Waals surface area contributed by atoms with Crippen LogP contribution in [0.3, 0.4) is 0 Å². The summed E-state index contributed by atoms with van der Waals surface area (Å²) in [6.07, 6.45) is 3.64. The summed E-state index contributed by atoms with van der Waals surface area (Å²) >= 11 is 0. The van der Waals surface area contributed by atoms with Crippen LogP contribution in [0, 0.1) is 0 Å². The molecule has 2 aromatic rings. The third-order valence-corrected chi connectivity index (χ3v) is 4.34. The van der Waals surface area contributed by atoms with Crippen molar-refractivity contribution in [1.82, 2.24) is 14.8 Å². The lowest BCUT2D eigenvalue weighted by Gasteiger charge is -2.34. The van der Waals surface area contributed by atoms with Gasteiger partial charge in [0.25, 0.3) is 0 Å². The fourth-order valence-electron chi connectivity index (χ4n) is 3.02. The van der Waals surface area contributed by atoms with Crippen LogP contribution in [0.15, 0.2) is 48.8 Å². The summed E-state index contributed by atoms with van der Waals surface area (Å²) in [4.78, 5) is 20.2. The van der Waals surface area contributed by atoms with Gasteiger partial charge in [-0.25, -0.2) is 0 Å². The zero-order valence-electron chi connectivity index (χ0n) is 14.0. The number of aromatic nitrogens is 1. The van der Waals surface area contributed by atoms with Gasteiger partial charge in [-0.1, -0.05) is 18.2 Å². The van der Waals surface area contributed by atoms with Gasteiger partial charge >= 0.3 is 0 Å². The molecule has 126 valence electrons. The van der Waals surface area contributed by atoms with E-state index in [1.165, 1.54) is 16.7 Å². The maximum Gasteiger partial charge on any atom is 0.248 e. The molecule has 1 aromatic carbocycles. The molecule has 1 amide bonds. The van der Waals surface area contributed by atoms with Crippen LogP contribution < -0.4 is 0 Å². The van der Waals surface area contributed by atoms with Crippen molar-refractivity contribution in [1.29, 1.82) is 0 Å². The number of pyridine rings is 1. The highest BCUT2D eigenvalue weighted by Crippen LogP contribution is 2.20. The molecule has 1 saturated heterocycles. The van der Waals surface area contributed by atoms with Gasteiger partial charge in [0.2, 0.25) is 5.91 Å². The summed E-state index contributed by atoms with van der Waals surface area (Å²) in [5, 5.41) is 0. The van der Waals surface area contributed by atoms with Gasteiger partial charge in [0.15, 0.2) is 0 Å². The zero-order chi connectivity index (χ0) is 16.8. The van der Waals surface area contributed by atoms with Crippen LogP contribution in [0.1, 0.15) is 5.56 Å². The van der Waals surface area contributed by atoms with E-state index in [1.807, 2.05) is 29.4 Å². The molecule has 1 aliphatic heterocycles. The maximum absolute atomic E-state index is 11.8. The van der Waals surface area contributed by atoms with Crippen molar-refractivity contribution in [2.24, 2.45) is 0 Å².